The number of nitrogens with zero attached hydrogens (tertiary/aromatic N) is 2. The monoisotopic (exact) mass is 286 g/mol. The van der Waals surface area contributed by atoms with Crippen molar-refractivity contribution in [3.05, 3.63) is 42.2 Å². The maximum Gasteiger partial charge on any atom is 0.108 e. The van der Waals surface area contributed by atoms with Crippen molar-refractivity contribution >= 4 is 10.8 Å². The van der Waals surface area contributed by atoms with Crippen molar-refractivity contribution in [3.8, 4) is 0 Å². The number of morpholine rings is 1. The molecular weight excluding hydrogens is 264 g/mol. The summed E-state index contributed by atoms with van der Waals surface area (Å²) in [6, 6.07) is 8.02. The van der Waals surface area contributed by atoms with Crippen molar-refractivity contribution in [1.82, 2.24) is 9.88 Å². The number of ether oxygens (including phenoxy) is 1. The molecule has 1 saturated heterocycles. The molecule has 2 heterocycles. The molecule has 0 aliphatic carbocycles. The molecule has 0 spiro atoms. The molecule has 2 aromatic rings. The average Bonchev–Trinajstić information content (AvgIpc) is 2.54. The van der Waals surface area contributed by atoms with Gasteiger partial charge in [0.05, 0.1) is 6.61 Å². The van der Waals surface area contributed by atoms with Crippen molar-refractivity contribution in [2.24, 2.45) is 0 Å². The fourth-order valence-electron chi connectivity index (χ4n) is 3.02. The molecule has 1 aromatic carbocycles. The SMILES string of the molecule is CCCN1CCOC(C(O)c2cncc3ccccc23)C1. The third kappa shape index (κ3) is 3.07. The highest BCUT2D eigenvalue weighted by Crippen LogP contribution is 2.28. The van der Waals surface area contributed by atoms with Gasteiger partial charge in [0.25, 0.3) is 0 Å². The van der Waals surface area contributed by atoms with E-state index in [2.05, 4.69) is 16.8 Å². The second-order valence-corrected chi connectivity index (χ2v) is 5.60. The van der Waals surface area contributed by atoms with Crippen LogP contribution in [0.15, 0.2) is 36.7 Å². The lowest BCUT2D eigenvalue weighted by molar-refractivity contribution is -0.0895. The molecule has 1 aliphatic heterocycles. The summed E-state index contributed by atoms with van der Waals surface area (Å²) in [4.78, 5) is 6.61. The van der Waals surface area contributed by atoms with E-state index in [-0.39, 0.29) is 6.10 Å². The second-order valence-electron chi connectivity index (χ2n) is 5.60. The summed E-state index contributed by atoms with van der Waals surface area (Å²) in [5.74, 6) is 0. The first kappa shape index (κ1) is 14.4. The van der Waals surface area contributed by atoms with E-state index >= 15 is 0 Å². The third-order valence-corrected chi connectivity index (χ3v) is 4.09. The predicted octanol–water partition coefficient (Wildman–Crippen LogP) is 2.38. The summed E-state index contributed by atoms with van der Waals surface area (Å²) in [7, 11) is 0. The molecule has 4 heteroatoms. The zero-order chi connectivity index (χ0) is 14.7. The number of pyridine rings is 1. The van der Waals surface area contributed by atoms with E-state index in [1.54, 1.807) is 6.20 Å². The predicted molar refractivity (Wildman–Crippen MR) is 83.2 cm³/mol. The van der Waals surface area contributed by atoms with E-state index in [1.807, 2.05) is 30.5 Å². The Kier molecular flexibility index (Phi) is 4.48. The molecular formula is C17H22N2O2. The number of aliphatic hydroxyl groups excluding tert-OH is 1. The molecule has 0 saturated carbocycles. The number of rotatable bonds is 4. The van der Waals surface area contributed by atoms with Gasteiger partial charge in [0.15, 0.2) is 0 Å². The topological polar surface area (TPSA) is 45.6 Å². The Morgan fingerprint density at radius 1 is 1.38 bits per heavy atom. The van der Waals surface area contributed by atoms with Gasteiger partial charge in [-0.25, -0.2) is 0 Å². The van der Waals surface area contributed by atoms with E-state index in [0.717, 1.165) is 42.4 Å². The summed E-state index contributed by atoms with van der Waals surface area (Å²) in [6.45, 7) is 5.64. The summed E-state index contributed by atoms with van der Waals surface area (Å²) in [5.41, 5.74) is 0.858. The lowest BCUT2D eigenvalue weighted by Gasteiger charge is -2.35. The Balaban J connectivity index is 1.84. The average molecular weight is 286 g/mol. The van der Waals surface area contributed by atoms with Gasteiger partial charge in [0, 0.05) is 36.4 Å². The molecule has 112 valence electrons. The number of aliphatic hydroxyl groups is 1. The van der Waals surface area contributed by atoms with Crippen LogP contribution in [-0.4, -0.2) is 47.3 Å². The third-order valence-electron chi connectivity index (χ3n) is 4.09. The maximum absolute atomic E-state index is 10.7. The fourth-order valence-corrected chi connectivity index (χ4v) is 3.02. The molecule has 21 heavy (non-hydrogen) atoms. The zero-order valence-electron chi connectivity index (χ0n) is 12.4. The molecule has 1 N–H and O–H groups in total. The van der Waals surface area contributed by atoms with Crippen LogP contribution in [0.25, 0.3) is 10.8 Å². The van der Waals surface area contributed by atoms with E-state index < -0.39 is 6.10 Å². The van der Waals surface area contributed by atoms with Gasteiger partial charge in [0.2, 0.25) is 0 Å². The summed E-state index contributed by atoms with van der Waals surface area (Å²) in [6.07, 6.45) is 3.89. The minimum Gasteiger partial charge on any atom is -0.386 e. The Bertz CT molecular complexity index is 595. The van der Waals surface area contributed by atoms with Crippen molar-refractivity contribution in [3.63, 3.8) is 0 Å². The van der Waals surface area contributed by atoms with Crippen LogP contribution in [0.1, 0.15) is 25.0 Å². The highest BCUT2D eigenvalue weighted by Gasteiger charge is 2.28. The Hall–Kier alpha value is -1.49. The Labute approximate surface area is 125 Å². The molecule has 1 aromatic heterocycles. The first-order valence-corrected chi connectivity index (χ1v) is 7.64. The van der Waals surface area contributed by atoms with Gasteiger partial charge in [-0.05, 0) is 18.4 Å². The fraction of sp³-hybridized carbons (Fsp3) is 0.471. The zero-order valence-corrected chi connectivity index (χ0v) is 12.4. The summed E-state index contributed by atoms with van der Waals surface area (Å²) >= 11 is 0. The van der Waals surface area contributed by atoms with Crippen LogP contribution in [0.3, 0.4) is 0 Å². The van der Waals surface area contributed by atoms with Crippen LogP contribution in [0.5, 0.6) is 0 Å². The van der Waals surface area contributed by atoms with Crippen molar-refractivity contribution in [2.45, 2.75) is 25.6 Å². The minimum atomic E-state index is -0.636. The highest BCUT2D eigenvalue weighted by molar-refractivity contribution is 5.84. The molecule has 0 bridgehead atoms. The lowest BCUT2D eigenvalue weighted by Crippen LogP contribution is -2.45. The molecule has 3 rings (SSSR count). The number of benzene rings is 1. The van der Waals surface area contributed by atoms with Gasteiger partial charge in [-0.1, -0.05) is 31.2 Å². The molecule has 0 radical (unpaired) electrons. The van der Waals surface area contributed by atoms with Crippen LogP contribution >= 0.6 is 0 Å². The van der Waals surface area contributed by atoms with E-state index in [1.165, 1.54) is 0 Å². The quantitative estimate of drug-likeness (QED) is 0.937. The van der Waals surface area contributed by atoms with E-state index in [0.29, 0.717) is 6.61 Å². The van der Waals surface area contributed by atoms with Crippen LogP contribution in [0, 0.1) is 0 Å². The van der Waals surface area contributed by atoms with Gasteiger partial charge in [-0.3, -0.25) is 9.88 Å². The van der Waals surface area contributed by atoms with Crippen molar-refractivity contribution in [1.29, 1.82) is 0 Å². The molecule has 2 unspecified atom stereocenters. The van der Waals surface area contributed by atoms with Gasteiger partial charge in [-0.15, -0.1) is 0 Å². The van der Waals surface area contributed by atoms with Gasteiger partial charge in [0.1, 0.15) is 12.2 Å². The summed E-state index contributed by atoms with van der Waals surface area (Å²) in [5, 5.41) is 12.8. The van der Waals surface area contributed by atoms with Gasteiger partial charge >= 0.3 is 0 Å². The first-order chi connectivity index (χ1) is 10.3. The van der Waals surface area contributed by atoms with Gasteiger partial charge < -0.3 is 9.84 Å². The van der Waals surface area contributed by atoms with Crippen LogP contribution < -0.4 is 0 Å². The van der Waals surface area contributed by atoms with Crippen molar-refractivity contribution < 1.29 is 9.84 Å². The van der Waals surface area contributed by atoms with E-state index in [4.69, 9.17) is 4.74 Å². The van der Waals surface area contributed by atoms with Crippen LogP contribution in [0.4, 0.5) is 0 Å². The largest absolute Gasteiger partial charge is 0.386 e. The minimum absolute atomic E-state index is 0.182. The number of fused-ring (bicyclic) bond motifs is 1. The number of aromatic nitrogens is 1. The molecule has 4 nitrogen and oxygen atoms in total. The van der Waals surface area contributed by atoms with E-state index in [9.17, 15) is 5.11 Å². The normalized spacial score (nSPS) is 21.5. The second kappa shape index (κ2) is 6.52. The Morgan fingerprint density at radius 2 is 2.24 bits per heavy atom. The first-order valence-electron chi connectivity index (χ1n) is 7.64. The maximum atomic E-state index is 10.7. The smallest absolute Gasteiger partial charge is 0.108 e. The summed E-state index contributed by atoms with van der Waals surface area (Å²) < 4.78 is 5.80. The number of hydrogen-bond donors (Lipinski definition) is 1. The number of hydrogen-bond acceptors (Lipinski definition) is 4. The molecule has 1 aliphatic rings. The standard InChI is InChI=1S/C17H22N2O2/c1-2-7-19-8-9-21-16(12-19)17(20)15-11-18-10-13-5-3-4-6-14(13)15/h3-6,10-11,16-17,20H,2,7-9,12H2,1H3. The lowest BCUT2D eigenvalue weighted by atomic mass is 9.99. The molecule has 2 atom stereocenters. The van der Waals surface area contributed by atoms with Crippen molar-refractivity contribution in [2.75, 3.05) is 26.2 Å². The Morgan fingerprint density at radius 3 is 3.10 bits per heavy atom. The molecule has 1 fully saturated rings. The van der Waals surface area contributed by atoms with Crippen LogP contribution in [-0.2, 0) is 4.74 Å². The van der Waals surface area contributed by atoms with Gasteiger partial charge in [-0.2, -0.15) is 0 Å². The van der Waals surface area contributed by atoms with Crippen LogP contribution in [0.2, 0.25) is 0 Å². The molecule has 0 amide bonds. The highest BCUT2D eigenvalue weighted by atomic mass is 16.5.